The number of hydrogen-bond acceptors (Lipinski definition) is 4. The molecule has 0 saturated carbocycles. The number of hydrogen-bond donors (Lipinski definition) is 2. The van der Waals surface area contributed by atoms with Crippen LogP contribution in [0.3, 0.4) is 0 Å². The van der Waals surface area contributed by atoms with Gasteiger partial charge in [0.15, 0.2) is 0 Å². The Bertz CT molecular complexity index is 667. The van der Waals surface area contributed by atoms with Crippen molar-refractivity contribution in [2.24, 2.45) is 5.92 Å². The highest BCUT2D eigenvalue weighted by atomic mass is 35.5. The van der Waals surface area contributed by atoms with Crippen LogP contribution in [0, 0.1) is 12.8 Å². The minimum atomic E-state index is -0.313. The van der Waals surface area contributed by atoms with E-state index < -0.39 is 0 Å². The number of carbonyl (C=O) groups excluding carboxylic acids is 2. The van der Waals surface area contributed by atoms with Crippen LogP contribution in [0.4, 0.5) is 5.69 Å². The first kappa shape index (κ1) is 20.5. The number of nitrogens with one attached hydrogen (secondary N) is 2. The summed E-state index contributed by atoms with van der Waals surface area (Å²) < 4.78 is 5.39. The molecule has 2 aliphatic rings. The van der Waals surface area contributed by atoms with Gasteiger partial charge in [-0.2, -0.15) is 0 Å². The van der Waals surface area contributed by atoms with E-state index in [1.807, 2.05) is 25.1 Å². The van der Waals surface area contributed by atoms with Crippen molar-refractivity contribution in [3.8, 4) is 5.75 Å². The van der Waals surface area contributed by atoms with Crippen LogP contribution in [0.1, 0.15) is 31.7 Å². The van der Waals surface area contributed by atoms with Crippen LogP contribution in [0.15, 0.2) is 18.2 Å². The molecule has 0 spiro atoms. The van der Waals surface area contributed by atoms with Gasteiger partial charge in [0.05, 0.1) is 18.7 Å². The van der Waals surface area contributed by atoms with Gasteiger partial charge in [0.2, 0.25) is 11.8 Å². The minimum absolute atomic E-state index is 0. The van der Waals surface area contributed by atoms with Gasteiger partial charge in [-0.05, 0) is 50.9 Å². The fourth-order valence-corrected chi connectivity index (χ4v) is 3.67. The van der Waals surface area contributed by atoms with Crippen LogP contribution < -0.4 is 20.3 Å². The third kappa shape index (κ3) is 4.30. The van der Waals surface area contributed by atoms with E-state index in [-0.39, 0.29) is 48.6 Å². The van der Waals surface area contributed by atoms with Gasteiger partial charge in [0.1, 0.15) is 5.75 Å². The highest BCUT2D eigenvalue weighted by Crippen LogP contribution is 2.34. The van der Waals surface area contributed by atoms with Crippen molar-refractivity contribution in [1.82, 2.24) is 10.6 Å². The lowest BCUT2D eigenvalue weighted by Crippen LogP contribution is -2.53. The molecule has 6 nitrogen and oxygen atoms in total. The molecule has 2 amide bonds. The summed E-state index contributed by atoms with van der Waals surface area (Å²) in [6.07, 6.45) is 2.29. The second-order valence-corrected chi connectivity index (χ2v) is 7.08. The Labute approximate surface area is 161 Å². The van der Waals surface area contributed by atoms with Crippen molar-refractivity contribution in [3.05, 3.63) is 23.8 Å². The first-order valence-corrected chi connectivity index (χ1v) is 8.98. The molecule has 2 aliphatic heterocycles. The maximum Gasteiger partial charge on any atom is 0.227 e. The number of methoxy groups -OCH3 is 1. The first-order chi connectivity index (χ1) is 12.0. The highest BCUT2D eigenvalue weighted by Gasteiger charge is 2.37. The average Bonchev–Trinajstić information content (AvgIpc) is 2.98. The summed E-state index contributed by atoms with van der Waals surface area (Å²) in [5.74, 6) is 0.291. The summed E-state index contributed by atoms with van der Waals surface area (Å²) in [5, 5.41) is 6.52. The number of carbonyl (C=O) groups is 2. The van der Waals surface area contributed by atoms with Crippen LogP contribution in [0.5, 0.6) is 5.75 Å². The second kappa shape index (κ2) is 8.73. The van der Waals surface area contributed by atoms with Crippen molar-refractivity contribution in [3.63, 3.8) is 0 Å². The van der Waals surface area contributed by atoms with E-state index >= 15 is 0 Å². The molecule has 1 aromatic carbocycles. The van der Waals surface area contributed by atoms with E-state index in [2.05, 4.69) is 17.6 Å². The SMILES string of the molecule is COc1ccc(C)cc1N1CC(C(=O)NC2CCCNC2C)CC1=O.Cl. The number of anilines is 1. The number of amides is 2. The van der Waals surface area contributed by atoms with Crippen LogP contribution in [-0.4, -0.2) is 44.1 Å². The molecule has 2 fully saturated rings. The molecular weight excluding hydrogens is 354 g/mol. The Morgan fingerprint density at radius 3 is 2.85 bits per heavy atom. The van der Waals surface area contributed by atoms with Crippen LogP contribution in [-0.2, 0) is 9.59 Å². The molecule has 3 unspecified atom stereocenters. The number of aryl methyl sites for hydroxylation is 1. The third-order valence-electron chi connectivity index (χ3n) is 5.21. The first-order valence-electron chi connectivity index (χ1n) is 8.98. The molecule has 2 heterocycles. The number of nitrogens with zero attached hydrogens (tertiary/aromatic N) is 1. The number of rotatable bonds is 4. The molecule has 0 aliphatic carbocycles. The summed E-state index contributed by atoms with van der Waals surface area (Å²) in [6, 6.07) is 6.15. The Hall–Kier alpha value is -1.79. The van der Waals surface area contributed by atoms with Crippen molar-refractivity contribution in [2.75, 3.05) is 25.1 Å². The Balaban J connectivity index is 0.00000243. The zero-order valence-corrected chi connectivity index (χ0v) is 16.4. The van der Waals surface area contributed by atoms with Crippen LogP contribution in [0.25, 0.3) is 0 Å². The van der Waals surface area contributed by atoms with E-state index in [0.717, 1.165) is 30.6 Å². The van der Waals surface area contributed by atoms with Crippen molar-refractivity contribution < 1.29 is 14.3 Å². The lowest BCUT2D eigenvalue weighted by molar-refractivity contribution is -0.127. The molecule has 7 heteroatoms. The minimum Gasteiger partial charge on any atom is -0.495 e. The monoisotopic (exact) mass is 381 g/mol. The predicted molar refractivity (Wildman–Crippen MR) is 104 cm³/mol. The zero-order valence-electron chi connectivity index (χ0n) is 15.6. The number of halogens is 1. The summed E-state index contributed by atoms with van der Waals surface area (Å²) in [6.45, 7) is 5.47. The average molecular weight is 382 g/mol. The second-order valence-electron chi connectivity index (χ2n) is 7.08. The van der Waals surface area contributed by atoms with E-state index in [9.17, 15) is 9.59 Å². The Morgan fingerprint density at radius 2 is 2.15 bits per heavy atom. The lowest BCUT2D eigenvalue weighted by atomic mass is 9.98. The fraction of sp³-hybridized carbons (Fsp3) is 0.579. The lowest BCUT2D eigenvalue weighted by Gasteiger charge is -2.31. The van der Waals surface area contributed by atoms with Crippen LogP contribution >= 0.6 is 12.4 Å². The zero-order chi connectivity index (χ0) is 18.0. The highest BCUT2D eigenvalue weighted by molar-refractivity contribution is 6.01. The van der Waals surface area contributed by atoms with Crippen molar-refractivity contribution in [1.29, 1.82) is 0 Å². The summed E-state index contributed by atoms with van der Waals surface area (Å²) in [7, 11) is 1.59. The molecule has 2 saturated heterocycles. The predicted octanol–water partition coefficient (Wildman–Crippen LogP) is 2.04. The van der Waals surface area contributed by atoms with Gasteiger partial charge in [0.25, 0.3) is 0 Å². The van der Waals surface area contributed by atoms with Gasteiger partial charge in [-0.15, -0.1) is 12.4 Å². The smallest absolute Gasteiger partial charge is 0.227 e. The van der Waals surface area contributed by atoms with Crippen molar-refractivity contribution >= 4 is 29.9 Å². The fourth-order valence-electron chi connectivity index (χ4n) is 3.67. The number of benzene rings is 1. The maximum absolute atomic E-state index is 12.7. The quantitative estimate of drug-likeness (QED) is 0.837. The van der Waals surface area contributed by atoms with Gasteiger partial charge in [-0.1, -0.05) is 6.07 Å². The molecule has 0 bridgehead atoms. The number of ether oxygens (including phenoxy) is 1. The van der Waals surface area contributed by atoms with E-state index in [0.29, 0.717) is 12.3 Å². The number of piperidine rings is 1. The van der Waals surface area contributed by atoms with Gasteiger partial charge in [-0.3, -0.25) is 9.59 Å². The van der Waals surface area contributed by atoms with Crippen LogP contribution in [0.2, 0.25) is 0 Å². The van der Waals surface area contributed by atoms with Gasteiger partial charge in [-0.25, -0.2) is 0 Å². The Morgan fingerprint density at radius 1 is 1.38 bits per heavy atom. The third-order valence-corrected chi connectivity index (χ3v) is 5.21. The maximum atomic E-state index is 12.7. The van der Waals surface area contributed by atoms with E-state index in [4.69, 9.17) is 4.74 Å². The van der Waals surface area contributed by atoms with E-state index in [1.54, 1.807) is 12.0 Å². The molecule has 0 aromatic heterocycles. The molecule has 144 valence electrons. The molecule has 1 aromatic rings. The standard InChI is InChI=1S/C19H27N3O3.ClH/c1-12-6-7-17(25-3)16(9-12)22-11-14(10-18(22)23)19(24)21-15-5-4-8-20-13(15)2;/h6-7,9,13-15,20H,4-5,8,10-11H2,1-3H3,(H,21,24);1H. The molecule has 3 atom stereocenters. The largest absolute Gasteiger partial charge is 0.495 e. The van der Waals surface area contributed by atoms with E-state index in [1.165, 1.54) is 0 Å². The molecular formula is C19H28ClN3O3. The normalized spacial score (nSPS) is 25.6. The van der Waals surface area contributed by atoms with Gasteiger partial charge >= 0.3 is 0 Å². The van der Waals surface area contributed by atoms with Gasteiger partial charge in [0, 0.05) is 25.0 Å². The summed E-state index contributed by atoms with van der Waals surface area (Å²) >= 11 is 0. The molecule has 3 rings (SSSR count). The molecule has 2 N–H and O–H groups in total. The summed E-state index contributed by atoms with van der Waals surface area (Å²) in [4.78, 5) is 26.8. The summed E-state index contributed by atoms with van der Waals surface area (Å²) in [5.41, 5.74) is 1.80. The Kier molecular flexibility index (Phi) is 6.89. The van der Waals surface area contributed by atoms with Crippen molar-refractivity contribution in [2.45, 2.75) is 45.2 Å². The van der Waals surface area contributed by atoms with Gasteiger partial charge < -0.3 is 20.3 Å². The molecule has 26 heavy (non-hydrogen) atoms. The topological polar surface area (TPSA) is 70.7 Å². The molecule has 0 radical (unpaired) electrons.